The van der Waals surface area contributed by atoms with Crippen LogP contribution in [0.15, 0.2) is 12.3 Å². The number of carbonyl (C=O) groups is 1. The van der Waals surface area contributed by atoms with Gasteiger partial charge in [-0.3, -0.25) is 9.69 Å². The highest BCUT2D eigenvalue weighted by molar-refractivity contribution is 6.33. The molecule has 2 unspecified atom stereocenters. The topological polar surface area (TPSA) is 48.5 Å². The van der Waals surface area contributed by atoms with Crippen molar-refractivity contribution in [2.45, 2.75) is 52.5 Å². The summed E-state index contributed by atoms with van der Waals surface area (Å²) >= 11 is 6.44. The summed E-state index contributed by atoms with van der Waals surface area (Å²) in [6.07, 6.45) is 7.03. The highest BCUT2D eigenvalue weighted by atomic mass is 35.5. The third-order valence-corrected chi connectivity index (χ3v) is 7.19. The maximum Gasteiger partial charge on any atom is 0.269 e. The summed E-state index contributed by atoms with van der Waals surface area (Å²) in [6, 6.07) is 2.39. The number of hydrogen-bond donors (Lipinski definition) is 1. The highest BCUT2D eigenvalue weighted by Gasteiger charge is 2.37. The normalized spacial score (nSPS) is 24.3. The maximum absolute atomic E-state index is 11.7. The number of rotatable bonds is 5. The number of carbonyl (C=O) groups excluding carboxylic acids is 1. The Morgan fingerprint density at radius 3 is 2.59 bits per heavy atom. The van der Waals surface area contributed by atoms with Crippen molar-refractivity contribution in [3.8, 4) is 0 Å². The molecular formula is C21H33ClN4O. The van der Waals surface area contributed by atoms with Crippen LogP contribution in [0, 0.1) is 11.3 Å². The molecule has 1 aliphatic heterocycles. The summed E-state index contributed by atoms with van der Waals surface area (Å²) in [5.41, 5.74) is 1.75. The van der Waals surface area contributed by atoms with Gasteiger partial charge in [0, 0.05) is 39.3 Å². The van der Waals surface area contributed by atoms with E-state index in [1.807, 2.05) is 0 Å². The molecule has 2 aliphatic rings. The van der Waals surface area contributed by atoms with E-state index in [2.05, 4.69) is 40.9 Å². The predicted molar refractivity (Wildman–Crippen MR) is 112 cm³/mol. The van der Waals surface area contributed by atoms with E-state index >= 15 is 0 Å². The van der Waals surface area contributed by atoms with Crippen molar-refractivity contribution in [3.63, 3.8) is 0 Å². The van der Waals surface area contributed by atoms with Gasteiger partial charge >= 0.3 is 0 Å². The minimum absolute atomic E-state index is 0.209. The lowest BCUT2D eigenvalue weighted by Crippen LogP contribution is -2.50. The van der Waals surface area contributed by atoms with Crippen molar-refractivity contribution >= 4 is 23.2 Å². The zero-order valence-electron chi connectivity index (χ0n) is 17.1. The van der Waals surface area contributed by atoms with Crippen LogP contribution < -0.4 is 10.2 Å². The number of aromatic nitrogens is 1. The van der Waals surface area contributed by atoms with Crippen LogP contribution >= 0.6 is 11.6 Å². The largest absolute Gasteiger partial charge is 0.367 e. The molecule has 6 heteroatoms. The maximum atomic E-state index is 11.7. The second kappa shape index (κ2) is 8.36. The van der Waals surface area contributed by atoms with Gasteiger partial charge in [-0.15, -0.1) is 0 Å². The first-order chi connectivity index (χ1) is 12.9. The lowest BCUT2D eigenvalue weighted by Gasteiger charge is -2.40. The van der Waals surface area contributed by atoms with E-state index in [0.717, 1.165) is 43.8 Å². The number of pyridine rings is 1. The Morgan fingerprint density at radius 1 is 1.30 bits per heavy atom. The first-order valence-corrected chi connectivity index (χ1v) is 10.6. The fourth-order valence-corrected chi connectivity index (χ4v) is 4.80. The molecule has 1 amide bonds. The quantitative estimate of drug-likeness (QED) is 0.827. The lowest BCUT2D eigenvalue weighted by molar-refractivity contribution is 0.0958. The van der Waals surface area contributed by atoms with Gasteiger partial charge in [0.1, 0.15) is 5.69 Å². The van der Waals surface area contributed by atoms with Gasteiger partial charge in [-0.1, -0.05) is 38.8 Å². The molecule has 150 valence electrons. The molecular weight excluding hydrogens is 360 g/mol. The van der Waals surface area contributed by atoms with E-state index in [9.17, 15) is 4.79 Å². The first-order valence-electron chi connectivity index (χ1n) is 10.2. The van der Waals surface area contributed by atoms with Crippen molar-refractivity contribution in [3.05, 3.63) is 23.0 Å². The second-order valence-electron chi connectivity index (χ2n) is 8.63. The third-order valence-electron chi connectivity index (χ3n) is 6.89. The Hall–Kier alpha value is -1.33. The minimum atomic E-state index is -0.209. The molecule has 0 spiro atoms. The van der Waals surface area contributed by atoms with Crippen LogP contribution in [0.2, 0.25) is 5.02 Å². The van der Waals surface area contributed by atoms with E-state index in [-0.39, 0.29) is 5.91 Å². The molecule has 27 heavy (non-hydrogen) atoms. The van der Waals surface area contributed by atoms with E-state index in [1.54, 1.807) is 19.3 Å². The molecule has 0 bridgehead atoms. The van der Waals surface area contributed by atoms with Crippen LogP contribution in [0.1, 0.15) is 56.9 Å². The van der Waals surface area contributed by atoms with E-state index < -0.39 is 0 Å². The summed E-state index contributed by atoms with van der Waals surface area (Å²) in [6.45, 7) is 11.2. The van der Waals surface area contributed by atoms with Gasteiger partial charge in [-0.25, -0.2) is 4.98 Å². The summed E-state index contributed by atoms with van der Waals surface area (Å²) in [5, 5.41) is 3.18. The van der Waals surface area contributed by atoms with Crippen LogP contribution in [0.4, 0.5) is 5.69 Å². The number of amides is 1. The summed E-state index contributed by atoms with van der Waals surface area (Å²) in [4.78, 5) is 20.9. The molecule has 3 rings (SSSR count). The zero-order chi connectivity index (χ0) is 19.6. The van der Waals surface area contributed by atoms with Crippen molar-refractivity contribution < 1.29 is 4.79 Å². The number of nitrogens with one attached hydrogen (secondary N) is 1. The molecule has 1 aromatic rings. The Morgan fingerprint density at radius 2 is 2.00 bits per heavy atom. The lowest BCUT2D eigenvalue weighted by atomic mass is 9.76. The molecule has 1 aliphatic carbocycles. The van der Waals surface area contributed by atoms with Crippen LogP contribution in [0.3, 0.4) is 0 Å². The number of nitrogens with zero attached hydrogens (tertiary/aromatic N) is 3. The first kappa shape index (κ1) is 20.4. The van der Waals surface area contributed by atoms with Crippen molar-refractivity contribution in [1.29, 1.82) is 0 Å². The molecule has 1 saturated heterocycles. The van der Waals surface area contributed by atoms with Crippen LogP contribution in [-0.2, 0) is 0 Å². The van der Waals surface area contributed by atoms with Crippen molar-refractivity contribution in [2.24, 2.45) is 11.3 Å². The average molecular weight is 393 g/mol. The molecule has 1 aromatic heterocycles. The van der Waals surface area contributed by atoms with Crippen LogP contribution in [-0.4, -0.2) is 55.1 Å². The van der Waals surface area contributed by atoms with Gasteiger partial charge in [-0.2, -0.15) is 0 Å². The van der Waals surface area contributed by atoms with E-state index in [0.29, 0.717) is 16.1 Å². The van der Waals surface area contributed by atoms with Gasteiger partial charge in [0.25, 0.3) is 5.91 Å². The molecule has 5 nitrogen and oxygen atoms in total. The Labute approximate surface area is 168 Å². The standard InChI is InChI=1S/C21H33ClN4O/c1-5-21(2,3)15-6-7-16(12-15)25-8-10-26(11-9-25)19-14-24-18(13-17(19)22)20(27)23-4/h13-16H,5-12H2,1-4H3,(H,23,27). The molecule has 2 fully saturated rings. The monoisotopic (exact) mass is 392 g/mol. The summed E-state index contributed by atoms with van der Waals surface area (Å²) in [7, 11) is 1.60. The second-order valence-corrected chi connectivity index (χ2v) is 9.04. The number of anilines is 1. The summed E-state index contributed by atoms with van der Waals surface area (Å²) in [5.74, 6) is 0.639. The average Bonchev–Trinajstić information content (AvgIpc) is 3.18. The van der Waals surface area contributed by atoms with E-state index in [1.165, 1.54) is 25.7 Å². The Kier molecular flexibility index (Phi) is 6.32. The molecule has 2 atom stereocenters. The van der Waals surface area contributed by atoms with E-state index in [4.69, 9.17) is 11.6 Å². The molecule has 1 saturated carbocycles. The fourth-order valence-electron chi connectivity index (χ4n) is 4.52. The van der Waals surface area contributed by atoms with Crippen molar-refractivity contribution in [1.82, 2.24) is 15.2 Å². The van der Waals surface area contributed by atoms with Gasteiger partial charge < -0.3 is 10.2 Å². The molecule has 0 radical (unpaired) electrons. The van der Waals surface area contributed by atoms with Gasteiger partial charge in [-0.05, 0) is 36.7 Å². The minimum Gasteiger partial charge on any atom is -0.367 e. The SMILES string of the molecule is CCC(C)(C)C1CCC(N2CCN(c3cnc(C(=O)NC)cc3Cl)CC2)C1. The Balaban J connectivity index is 1.57. The van der Waals surface area contributed by atoms with Gasteiger partial charge in [0.15, 0.2) is 0 Å². The molecule has 0 aromatic carbocycles. The molecule has 2 heterocycles. The third kappa shape index (κ3) is 4.40. The van der Waals surface area contributed by atoms with Crippen LogP contribution in [0.5, 0.6) is 0 Å². The van der Waals surface area contributed by atoms with Crippen molar-refractivity contribution in [2.75, 3.05) is 38.1 Å². The number of hydrogen-bond acceptors (Lipinski definition) is 4. The number of halogens is 1. The molecule has 1 N–H and O–H groups in total. The Bertz CT molecular complexity index is 670. The van der Waals surface area contributed by atoms with Crippen LogP contribution in [0.25, 0.3) is 0 Å². The summed E-state index contributed by atoms with van der Waals surface area (Å²) < 4.78 is 0. The smallest absolute Gasteiger partial charge is 0.269 e. The highest BCUT2D eigenvalue weighted by Crippen LogP contribution is 2.43. The fraction of sp³-hybridized carbons (Fsp3) is 0.714. The van der Waals surface area contributed by atoms with Gasteiger partial charge in [0.2, 0.25) is 0 Å². The van der Waals surface area contributed by atoms with Gasteiger partial charge in [0.05, 0.1) is 16.9 Å². The zero-order valence-corrected chi connectivity index (χ0v) is 17.9. The predicted octanol–water partition coefficient (Wildman–Crippen LogP) is 3.82. The number of piperazine rings is 1.